The van der Waals surface area contributed by atoms with Crippen LogP contribution < -0.4 is 6.15 Å². The van der Waals surface area contributed by atoms with E-state index >= 15 is 0 Å². The molecule has 0 radical (unpaired) electrons. The molecule has 0 saturated heterocycles. The van der Waals surface area contributed by atoms with Gasteiger partial charge in [-0.05, 0) is 0 Å². The lowest BCUT2D eigenvalue weighted by Crippen LogP contribution is -2.22. The molecule has 11 heavy (non-hydrogen) atoms. The molecule has 0 amide bonds. The van der Waals surface area contributed by atoms with Crippen molar-refractivity contribution < 1.29 is 24.9 Å². The molecular weight excluding hydrogens is 153 g/mol. The van der Waals surface area contributed by atoms with Crippen molar-refractivity contribution >= 4 is 20.4 Å². The highest BCUT2D eigenvalue weighted by atomic mass is 16.4. The van der Waals surface area contributed by atoms with Crippen molar-refractivity contribution in [2.45, 2.75) is 12.5 Å². The minimum Gasteiger partial charge on any atom is -0.481 e. The molecule has 7 heteroatoms. The van der Waals surface area contributed by atoms with Crippen LogP contribution in [-0.2, 0) is 9.59 Å². The fourth-order valence-corrected chi connectivity index (χ4v) is 0.253. The number of aliphatic hydroxyl groups excluding tert-OH is 1. The van der Waals surface area contributed by atoms with Crippen LogP contribution in [0.2, 0.25) is 0 Å². The largest absolute Gasteiger partial charge is 0.481 e. The van der Waals surface area contributed by atoms with Crippen LogP contribution in [0.3, 0.4) is 0 Å². The molecule has 0 bridgehead atoms. The van der Waals surface area contributed by atoms with E-state index in [0.717, 1.165) is 0 Å². The van der Waals surface area contributed by atoms with E-state index in [2.05, 4.69) is 0 Å². The number of aliphatic hydroxyl groups is 1. The molecule has 0 heterocycles. The summed E-state index contributed by atoms with van der Waals surface area (Å²) in [6.07, 6.45) is -2.54. The van der Waals surface area contributed by atoms with Crippen molar-refractivity contribution in [1.82, 2.24) is 6.15 Å². The number of carboxylic acid groups (broad SMARTS) is 2. The lowest BCUT2D eigenvalue weighted by molar-refractivity contribution is -0.152. The van der Waals surface area contributed by atoms with Gasteiger partial charge in [0.05, 0.1) is 14.8 Å². The monoisotopic (exact) mass is 165 g/mol. The van der Waals surface area contributed by atoms with Gasteiger partial charge in [0.25, 0.3) is 0 Å². The topological polar surface area (TPSA) is 130 Å². The second-order valence-electron chi connectivity index (χ2n) is 1.45. The minimum atomic E-state index is -1.79. The summed E-state index contributed by atoms with van der Waals surface area (Å²) < 4.78 is 0. The van der Waals surface area contributed by atoms with Crippen molar-refractivity contribution in [2.75, 3.05) is 0 Å². The fourth-order valence-electron chi connectivity index (χ4n) is 0.253. The minimum absolute atomic E-state index is 0. The molecule has 0 aromatic rings. The van der Waals surface area contributed by atoms with Gasteiger partial charge in [-0.25, -0.2) is 4.79 Å². The van der Waals surface area contributed by atoms with Gasteiger partial charge in [-0.3, -0.25) is 4.79 Å². The van der Waals surface area contributed by atoms with Crippen LogP contribution in [0.15, 0.2) is 0 Å². The van der Waals surface area contributed by atoms with Gasteiger partial charge in [0.15, 0.2) is 6.10 Å². The molecule has 0 aromatic heterocycles. The molecule has 1 unspecified atom stereocenters. The molecule has 0 aliphatic heterocycles. The van der Waals surface area contributed by atoms with Gasteiger partial charge in [-0.1, -0.05) is 0 Å². The van der Waals surface area contributed by atoms with Gasteiger partial charge in [-0.2, -0.15) is 0 Å². The lowest BCUT2D eigenvalue weighted by Gasteiger charge is -1.97. The summed E-state index contributed by atoms with van der Waals surface area (Å²) in [4.78, 5) is 19.4. The highest BCUT2D eigenvalue weighted by molar-refractivity contribution is 5.79. The zero-order chi connectivity index (χ0) is 7.44. The molecule has 0 spiro atoms. The van der Waals surface area contributed by atoms with Gasteiger partial charge in [-0.15, -0.1) is 0 Å². The van der Waals surface area contributed by atoms with Crippen molar-refractivity contribution in [2.24, 2.45) is 0 Å². The summed E-state index contributed by atoms with van der Waals surface area (Å²) in [6, 6.07) is 0. The highest BCUT2D eigenvalue weighted by Crippen LogP contribution is 1.89. The molecule has 66 valence electrons. The second-order valence-corrected chi connectivity index (χ2v) is 1.45. The van der Waals surface area contributed by atoms with Gasteiger partial charge < -0.3 is 21.5 Å². The van der Waals surface area contributed by atoms with Crippen LogP contribution in [0.25, 0.3) is 0 Å². The quantitative estimate of drug-likeness (QED) is 0.354. The molecule has 0 aliphatic carbocycles. The van der Waals surface area contributed by atoms with E-state index in [-0.39, 0.29) is 14.6 Å². The number of carboxylic acids is 2. The van der Waals surface area contributed by atoms with Crippen molar-refractivity contribution in [1.29, 1.82) is 0 Å². The molecule has 6 N–H and O–H groups in total. The van der Waals surface area contributed by atoms with Gasteiger partial charge >= 0.3 is 11.9 Å². The van der Waals surface area contributed by atoms with E-state index in [1.54, 1.807) is 0 Å². The van der Waals surface area contributed by atoms with Gasteiger partial charge in [0.2, 0.25) is 0 Å². The van der Waals surface area contributed by atoms with Crippen molar-refractivity contribution in [3.05, 3.63) is 0 Å². The van der Waals surface area contributed by atoms with Gasteiger partial charge in [0.1, 0.15) is 0 Å². The first kappa shape index (κ1) is 16.5. The van der Waals surface area contributed by atoms with Crippen LogP contribution in [0, 0.1) is 0 Å². The Kier molecular flexibility index (Phi) is 10.5. The Bertz CT molecular complexity index is 138. The van der Waals surface area contributed by atoms with E-state index in [9.17, 15) is 9.59 Å². The Balaban J connectivity index is -0.000000320. The molecule has 0 rings (SSSR count). The predicted octanol–water partition coefficient (Wildman–Crippen LogP) is -2.12. The second kappa shape index (κ2) is 7.04. The number of rotatable bonds is 3. The highest BCUT2D eigenvalue weighted by Gasteiger charge is 2.16. The first-order chi connectivity index (χ1) is 4.04. The first-order valence-corrected chi connectivity index (χ1v) is 2.16. The molecule has 0 aromatic carbocycles. The number of hydrogen-bond donors (Lipinski definition) is 4. The summed E-state index contributed by atoms with van der Waals surface area (Å²) in [5, 5.41) is 24.1. The third kappa shape index (κ3) is 8.92. The Hall–Kier alpha value is -1.08. The lowest BCUT2D eigenvalue weighted by atomic mass is 10.3. The number of aliphatic carboxylic acids is 2. The van der Waals surface area contributed by atoms with Crippen molar-refractivity contribution in [3.63, 3.8) is 0 Å². The molecule has 0 saturated carbocycles. The molecule has 6 nitrogen and oxygen atoms in total. The van der Waals surface area contributed by atoms with Crippen LogP contribution in [0.1, 0.15) is 6.42 Å². The standard InChI is InChI=1S/C4H6O5.BH3.H3N/c5-2(4(8)9)1-3(6)7;;/h2,5H,1H2,(H,6,7)(H,8,9);2*1H3. The Morgan fingerprint density at radius 3 is 1.73 bits per heavy atom. The molecule has 0 aliphatic rings. The normalized spacial score (nSPS) is 10.3. The summed E-state index contributed by atoms with van der Waals surface area (Å²) >= 11 is 0. The summed E-state index contributed by atoms with van der Waals surface area (Å²) in [5.74, 6) is -2.85. The average Bonchev–Trinajstić information content (AvgIpc) is 1.63. The third-order valence-corrected chi connectivity index (χ3v) is 0.653. The first-order valence-electron chi connectivity index (χ1n) is 2.16. The van der Waals surface area contributed by atoms with E-state index < -0.39 is 24.5 Å². The average molecular weight is 165 g/mol. The molecular formula is C4H12BNO5. The summed E-state index contributed by atoms with van der Waals surface area (Å²) in [5.41, 5.74) is 0. The van der Waals surface area contributed by atoms with Crippen molar-refractivity contribution in [3.8, 4) is 0 Å². The van der Waals surface area contributed by atoms with E-state index in [0.29, 0.717) is 0 Å². The maximum atomic E-state index is 9.72. The van der Waals surface area contributed by atoms with Crippen LogP contribution >= 0.6 is 0 Å². The summed E-state index contributed by atoms with van der Waals surface area (Å²) in [7, 11) is 0. The maximum absolute atomic E-state index is 9.72. The van der Waals surface area contributed by atoms with Gasteiger partial charge in [0, 0.05) is 0 Å². The third-order valence-electron chi connectivity index (χ3n) is 0.653. The van der Waals surface area contributed by atoms with E-state index in [1.165, 1.54) is 0 Å². The maximum Gasteiger partial charge on any atom is 0.333 e. The van der Waals surface area contributed by atoms with Crippen LogP contribution in [0.4, 0.5) is 0 Å². The Morgan fingerprint density at radius 2 is 1.64 bits per heavy atom. The van der Waals surface area contributed by atoms with E-state index in [1.807, 2.05) is 0 Å². The van der Waals surface area contributed by atoms with Crippen LogP contribution in [0.5, 0.6) is 0 Å². The van der Waals surface area contributed by atoms with E-state index in [4.69, 9.17) is 15.3 Å². The Labute approximate surface area is 65.0 Å². The fraction of sp³-hybridized carbons (Fsp3) is 0.500. The summed E-state index contributed by atoms with van der Waals surface area (Å²) in [6.45, 7) is 0. The van der Waals surface area contributed by atoms with Crippen LogP contribution in [-0.4, -0.2) is 41.8 Å². The molecule has 1 atom stereocenters. The number of hydrogen-bond acceptors (Lipinski definition) is 4. The smallest absolute Gasteiger partial charge is 0.333 e. The number of carbonyl (C=O) groups is 2. The zero-order valence-corrected chi connectivity index (χ0v) is 5.15. The molecule has 0 fully saturated rings. The SMILES string of the molecule is B.N.O=C(O)CC(O)C(=O)O. The zero-order valence-electron chi connectivity index (χ0n) is 5.15. The predicted molar refractivity (Wildman–Crippen MR) is 40.9 cm³/mol. The Morgan fingerprint density at radius 1 is 1.27 bits per heavy atom.